The molecule has 1 fully saturated rings. The van der Waals surface area contributed by atoms with Crippen molar-refractivity contribution in [1.29, 1.82) is 0 Å². The molecule has 0 saturated carbocycles. The van der Waals surface area contributed by atoms with Gasteiger partial charge in [0.05, 0.1) is 26.2 Å². The fourth-order valence-electron chi connectivity index (χ4n) is 1.78. The first kappa shape index (κ1) is 12.8. The van der Waals surface area contributed by atoms with E-state index in [-0.39, 0.29) is 24.7 Å². The first-order valence-corrected chi connectivity index (χ1v) is 6.00. The summed E-state index contributed by atoms with van der Waals surface area (Å²) >= 11 is 0. The Bertz CT molecular complexity index is 405. The van der Waals surface area contributed by atoms with Gasteiger partial charge < -0.3 is 14.4 Å². The van der Waals surface area contributed by atoms with Crippen LogP contribution in [-0.4, -0.2) is 43.7 Å². The van der Waals surface area contributed by atoms with E-state index in [0.717, 1.165) is 0 Å². The summed E-state index contributed by atoms with van der Waals surface area (Å²) in [5.74, 6) is -0.196. The van der Waals surface area contributed by atoms with E-state index >= 15 is 0 Å². The topological polar surface area (TPSA) is 38.8 Å². The molecule has 1 aliphatic heterocycles. The number of ether oxygens (including phenoxy) is 2. The Labute approximate surface area is 105 Å². The van der Waals surface area contributed by atoms with E-state index in [1.165, 1.54) is 6.07 Å². The number of hydrogen-bond donors (Lipinski definition) is 0. The highest BCUT2D eigenvalue weighted by Gasteiger charge is 2.16. The van der Waals surface area contributed by atoms with Gasteiger partial charge >= 0.3 is 0 Å². The quantitative estimate of drug-likeness (QED) is 0.815. The number of carbonyl (C=O) groups is 1. The zero-order chi connectivity index (χ0) is 12.8. The number of para-hydroxylation sites is 1. The van der Waals surface area contributed by atoms with E-state index in [9.17, 15) is 9.18 Å². The molecule has 0 spiro atoms. The van der Waals surface area contributed by atoms with Gasteiger partial charge in [0.2, 0.25) is 5.91 Å². The van der Waals surface area contributed by atoms with E-state index in [4.69, 9.17) is 9.47 Å². The minimum Gasteiger partial charge on any atom is -0.490 e. The summed E-state index contributed by atoms with van der Waals surface area (Å²) < 4.78 is 23.6. The maximum atomic E-state index is 13.2. The summed E-state index contributed by atoms with van der Waals surface area (Å²) in [6.07, 6.45) is 0.258. The fraction of sp³-hybridized carbons (Fsp3) is 0.462. The maximum Gasteiger partial charge on any atom is 0.226 e. The summed E-state index contributed by atoms with van der Waals surface area (Å²) in [5.41, 5.74) is 0. The van der Waals surface area contributed by atoms with Crippen LogP contribution < -0.4 is 4.74 Å². The molecule has 18 heavy (non-hydrogen) atoms. The Hall–Kier alpha value is -1.62. The van der Waals surface area contributed by atoms with Gasteiger partial charge in [0.1, 0.15) is 0 Å². The molecule has 1 aliphatic rings. The lowest BCUT2D eigenvalue weighted by molar-refractivity contribution is -0.135. The van der Waals surface area contributed by atoms with Crippen LogP contribution in [0.2, 0.25) is 0 Å². The Morgan fingerprint density at radius 2 is 2.06 bits per heavy atom. The van der Waals surface area contributed by atoms with Crippen molar-refractivity contribution in [3.63, 3.8) is 0 Å². The molecule has 1 aromatic carbocycles. The molecule has 1 heterocycles. The van der Waals surface area contributed by atoms with Gasteiger partial charge in [0.25, 0.3) is 0 Å². The molecule has 98 valence electrons. The highest BCUT2D eigenvalue weighted by atomic mass is 19.1. The van der Waals surface area contributed by atoms with Crippen LogP contribution in [0.5, 0.6) is 5.75 Å². The van der Waals surface area contributed by atoms with E-state index in [1.54, 1.807) is 23.1 Å². The van der Waals surface area contributed by atoms with E-state index in [0.29, 0.717) is 26.3 Å². The molecule has 5 heteroatoms. The molecular weight excluding hydrogens is 237 g/mol. The second-order valence-electron chi connectivity index (χ2n) is 4.02. The van der Waals surface area contributed by atoms with Crippen LogP contribution >= 0.6 is 0 Å². The molecule has 0 atom stereocenters. The summed E-state index contributed by atoms with van der Waals surface area (Å²) in [6.45, 7) is 2.61. The molecule has 1 aromatic rings. The van der Waals surface area contributed by atoms with Gasteiger partial charge in [0.15, 0.2) is 11.6 Å². The second kappa shape index (κ2) is 6.35. The minimum atomic E-state index is -0.406. The number of carbonyl (C=O) groups excluding carboxylic acids is 1. The SMILES string of the molecule is O=C(CCOc1ccccc1F)N1CCOCC1. The average molecular weight is 253 g/mol. The number of nitrogens with zero attached hydrogens (tertiary/aromatic N) is 1. The van der Waals surface area contributed by atoms with Gasteiger partial charge in [-0.15, -0.1) is 0 Å². The maximum absolute atomic E-state index is 13.2. The van der Waals surface area contributed by atoms with Crippen LogP contribution in [0.4, 0.5) is 4.39 Å². The van der Waals surface area contributed by atoms with Crippen molar-refractivity contribution in [2.75, 3.05) is 32.9 Å². The van der Waals surface area contributed by atoms with Crippen molar-refractivity contribution >= 4 is 5.91 Å². The molecule has 0 aromatic heterocycles. The van der Waals surface area contributed by atoms with Gasteiger partial charge in [-0.1, -0.05) is 12.1 Å². The zero-order valence-electron chi connectivity index (χ0n) is 10.1. The standard InChI is InChI=1S/C13H16FNO3/c14-11-3-1-2-4-12(11)18-8-5-13(16)15-6-9-17-10-7-15/h1-4H,5-10H2. The van der Waals surface area contributed by atoms with Crippen molar-refractivity contribution in [1.82, 2.24) is 4.90 Å². The molecule has 1 saturated heterocycles. The highest BCUT2D eigenvalue weighted by Crippen LogP contribution is 2.15. The monoisotopic (exact) mass is 253 g/mol. The highest BCUT2D eigenvalue weighted by molar-refractivity contribution is 5.76. The lowest BCUT2D eigenvalue weighted by Crippen LogP contribution is -2.41. The zero-order valence-corrected chi connectivity index (χ0v) is 10.1. The van der Waals surface area contributed by atoms with Crippen molar-refractivity contribution in [3.05, 3.63) is 30.1 Å². The molecule has 0 radical (unpaired) electrons. The van der Waals surface area contributed by atoms with Crippen LogP contribution in [0.3, 0.4) is 0 Å². The van der Waals surface area contributed by atoms with Crippen LogP contribution in [0.15, 0.2) is 24.3 Å². The van der Waals surface area contributed by atoms with E-state index in [2.05, 4.69) is 0 Å². The fourth-order valence-corrected chi connectivity index (χ4v) is 1.78. The number of halogens is 1. The van der Waals surface area contributed by atoms with Crippen molar-refractivity contribution in [2.45, 2.75) is 6.42 Å². The van der Waals surface area contributed by atoms with Crippen LogP contribution in [0, 0.1) is 5.82 Å². The van der Waals surface area contributed by atoms with Crippen molar-refractivity contribution < 1.29 is 18.7 Å². The molecule has 1 amide bonds. The third kappa shape index (κ3) is 3.43. The molecule has 0 aliphatic carbocycles. The van der Waals surface area contributed by atoms with Gasteiger partial charge in [-0.3, -0.25) is 4.79 Å². The molecule has 4 nitrogen and oxygen atoms in total. The van der Waals surface area contributed by atoms with Crippen LogP contribution in [-0.2, 0) is 9.53 Å². The third-order valence-electron chi connectivity index (χ3n) is 2.77. The number of hydrogen-bond acceptors (Lipinski definition) is 3. The summed E-state index contributed by atoms with van der Waals surface area (Å²) in [4.78, 5) is 13.5. The Morgan fingerprint density at radius 3 is 2.78 bits per heavy atom. The smallest absolute Gasteiger partial charge is 0.226 e. The lowest BCUT2D eigenvalue weighted by Gasteiger charge is -2.26. The molecule has 0 N–H and O–H groups in total. The summed E-state index contributed by atoms with van der Waals surface area (Å²) in [6, 6.07) is 6.18. The predicted octanol–water partition coefficient (Wildman–Crippen LogP) is 1.45. The van der Waals surface area contributed by atoms with E-state index in [1.807, 2.05) is 0 Å². The normalized spacial score (nSPS) is 15.5. The lowest BCUT2D eigenvalue weighted by atomic mass is 10.3. The Morgan fingerprint density at radius 1 is 1.33 bits per heavy atom. The van der Waals surface area contributed by atoms with E-state index < -0.39 is 5.82 Å². The summed E-state index contributed by atoms with van der Waals surface area (Å²) in [5, 5.41) is 0. The van der Waals surface area contributed by atoms with Crippen molar-refractivity contribution in [2.24, 2.45) is 0 Å². The molecular formula is C13H16FNO3. The van der Waals surface area contributed by atoms with Gasteiger partial charge in [-0.05, 0) is 12.1 Å². The molecule has 0 bridgehead atoms. The Balaban J connectivity index is 1.75. The summed E-state index contributed by atoms with van der Waals surface area (Å²) in [7, 11) is 0. The number of rotatable bonds is 4. The van der Waals surface area contributed by atoms with Crippen molar-refractivity contribution in [3.8, 4) is 5.75 Å². The van der Waals surface area contributed by atoms with Crippen LogP contribution in [0.1, 0.15) is 6.42 Å². The number of amides is 1. The average Bonchev–Trinajstić information content (AvgIpc) is 2.42. The minimum absolute atomic E-state index is 0.0228. The predicted molar refractivity (Wildman–Crippen MR) is 63.9 cm³/mol. The van der Waals surface area contributed by atoms with Gasteiger partial charge in [-0.25, -0.2) is 4.39 Å². The molecule has 0 unspecified atom stereocenters. The van der Waals surface area contributed by atoms with Crippen LogP contribution in [0.25, 0.3) is 0 Å². The second-order valence-corrected chi connectivity index (χ2v) is 4.02. The van der Waals surface area contributed by atoms with Gasteiger partial charge in [-0.2, -0.15) is 0 Å². The first-order chi connectivity index (χ1) is 8.77. The Kier molecular flexibility index (Phi) is 4.52. The largest absolute Gasteiger partial charge is 0.490 e. The molecule has 2 rings (SSSR count). The third-order valence-corrected chi connectivity index (χ3v) is 2.77. The first-order valence-electron chi connectivity index (χ1n) is 6.00. The number of morpholine rings is 1. The van der Waals surface area contributed by atoms with Gasteiger partial charge in [0, 0.05) is 13.1 Å². The number of benzene rings is 1.